The highest BCUT2D eigenvalue weighted by Crippen LogP contribution is 2.38. The van der Waals surface area contributed by atoms with Crippen LogP contribution in [0.5, 0.6) is 0 Å². The molecule has 10 N–H and O–H groups in total. The molecular weight excluding hydrogens is 463 g/mol. The number of alkyl halides is 3. The summed E-state index contributed by atoms with van der Waals surface area (Å²) in [7, 11) is 0. The Labute approximate surface area is 198 Å². The number of nitrogen functional groups attached to an aromatic ring is 1. The van der Waals surface area contributed by atoms with Gasteiger partial charge in [0.2, 0.25) is 5.96 Å². The number of hydrogen-bond donors (Lipinski definition) is 8. The summed E-state index contributed by atoms with van der Waals surface area (Å²) in [5.41, 5.74) is 10.2. The van der Waals surface area contributed by atoms with Crippen molar-refractivity contribution in [3.63, 3.8) is 0 Å². The fraction of sp³-hybridized carbons (Fsp3) is 0.273. The van der Waals surface area contributed by atoms with Gasteiger partial charge in [-0.2, -0.15) is 13.2 Å². The maximum atomic E-state index is 13.3. The summed E-state index contributed by atoms with van der Waals surface area (Å²) in [5, 5.41) is 35.9. The first-order valence-corrected chi connectivity index (χ1v) is 10.5. The second kappa shape index (κ2) is 9.52. The van der Waals surface area contributed by atoms with Gasteiger partial charge in [-0.25, -0.2) is 4.98 Å². The van der Waals surface area contributed by atoms with Crippen LogP contribution < -0.4 is 22.1 Å². The molecule has 0 aliphatic heterocycles. The molecule has 1 aliphatic carbocycles. The molecule has 1 amide bonds. The molecule has 0 saturated heterocycles. The van der Waals surface area contributed by atoms with Gasteiger partial charge in [-0.05, 0) is 55.9 Å². The first kappa shape index (κ1) is 25.3. The third-order valence-corrected chi connectivity index (χ3v) is 5.51. The number of halogens is 3. The molecule has 1 aliphatic rings. The van der Waals surface area contributed by atoms with Gasteiger partial charge in [0.25, 0.3) is 5.91 Å². The van der Waals surface area contributed by atoms with Gasteiger partial charge in [-0.1, -0.05) is 0 Å². The summed E-state index contributed by atoms with van der Waals surface area (Å²) in [6, 6.07) is 2.86. The normalized spacial score (nSPS) is 13.7. The molecule has 3 rings (SSSR count). The van der Waals surface area contributed by atoms with Crippen LogP contribution in [0.4, 0.5) is 18.9 Å². The molecule has 0 atom stereocenters. The van der Waals surface area contributed by atoms with Gasteiger partial charge in [-0.15, -0.1) is 0 Å². The summed E-state index contributed by atoms with van der Waals surface area (Å²) < 4.78 is 40.0. The third kappa shape index (κ3) is 4.98. The predicted octanol–water partition coefficient (Wildman–Crippen LogP) is 2.58. The SMILES string of the molecule is CC(=N)NC(=N)NC(=O)C(=N)c1c(N)ccc2nc(/C(=C/N)C(=N)C(F)(F)F)c3c(c12)CCCC3. The lowest BCUT2D eigenvalue weighted by Crippen LogP contribution is -2.44. The molecule has 0 saturated carbocycles. The zero-order valence-electron chi connectivity index (χ0n) is 18.7. The second-order valence-corrected chi connectivity index (χ2v) is 7.96. The monoisotopic (exact) mass is 487 g/mol. The molecule has 1 aromatic heterocycles. The zero-order valence-corrected chi connectivity index (χ0v) is 18.7. The number of pyridine rings is 1. The molecule has 1 aromatic carbocycles. The summed E-state index contributed by atoms with van der Waals surface area (Å²) in [6.45, 7) is 1.37. The minimum absolute atomic E-state index is 0.0424. The van der Waals surface area contributed by atoms with Crippen LogP contribution in [0.15, 0.2) is 18.3 Å². The largest absolute Gasteiger partial charge is 0.433 e. The van der Waals surface area contributed by atoms with Crippen LogP contribution in [-0.4, -0.2) is 40.3 Å². The Hall–Kier alpha value is -4.29. The van der Waals surface area contributed by atoms with E-state index in [0.717, 1.165) is 6.20 Å². The van der Waals surface area contributed by atoms with E-state index in [2.05, 4.69) is 15.6 Å². The van der Waals surface area contributed by atoms with E-state index >= 15 is 0 Å². The number of carbonyl (C=O) groups is 1. The van der Waals surface area contributed by atoms with Crippen molar-refractivity contribution < 1.29 is 18.0 Å². The van der Waals surface area contributed by atoms with Crippen LogP contribution in [0.2, 0.25) is 0 Å². The molecule has 0 bridgehead atoms. The van der Waals surface area contributed by atoms with Gasteiger partial charge < -0.3 is 16.8 Å². The number of allylic oxidation sites excluding steroid dienone is 1. The third-order valence-electron chi connectivity index (χ3n) is 5.51. The molecule has 1 heterocycles. The first-order valence-electron chi connectivity index (χ1n) is 10.5. The maximum absolute atomic E-state index is 13.3. The Bertz CT molecular complexity index is 1310. The average Bonchev–Trinajstić information content (AvgIpc) is 2.78. The van der Waals surface area contributed by atoms with E-state index in [1.807, 2.05) is 0 Å². The van der Waals surface area contributed by atoms with Crippen LogP contribution in [0.1, 0.15) is 42.1 Å². The van der Waals surface area contributed by atoms with Crippen molar-refractivity contribution >= 4 is 51.3 Å². The van der Waals surface area contributed by atoms with Crippen LogP contribution in [0.3, 0.4) is 0 Å². The lowest BCUT2D eigenvalue weighted by atomic mass is 9.83. The van der Waals surface area contributed by atoms with Crippen molar-refractivity contribution in [2.75, 3.05) is 5.73 Å². The molecule has 0 fully saturated rings. The number of nitrogens with zero attached hydrogens (tertiary/aromatic N) is 1. The van der Waals surface area contributed by atoms with Crippen LogP contribution >= 0.6 is 0 Å². The molecule has 10 nitrogen and oxygen atoms in total. The van der Waals surface area contributed by atoms with E-state index < -0.39 is 35.0 Å². The van der Waals surface area contributed by atoms with Crippen molar-refractivity contribution in [1.29, 1.82) is 21.6 Å². The van der Waals surface area contributed by atoms with E-state index in [-0.39, 0.29) is 28.3 Å². The fourth-order valence-corrected chi connectivity index (χ4v) is 4.07. The highest BCUT2D eigenvalue weighted by molar-refractivity contribution is 6.49. The number of hydrogen-bond acceptors (Lipinski definition) is 8. The van der Waals surface area contributed by atoms with Gasteiger partial charge in [0.15, 0.2) is 0 Å². The Kier molecular flexibility index (Phi) is 6.89. The predicted molar refractivity (Wildman–Crippen MR) is 128 cm³/mol. The van der Waals surface area contributed by atoms with Crippen molar-refractivity contribution in [2.24, 2.45) is 5.73 Å². The Morgan fingerprint density at radius 2 is 1.71 bits per heavy atom. The standard InChI is InChI=1S/C22H24F3N9O/c1-9(27)32-21(31)34-20(35)17(29)16-13(28)6-7-14-15(16)10-4-2-3-5-11(10)18(33-14)12(8-26)19(30)22(23,24)25/h6-8,29-30H,2-5,26,28H2,1H3,(H4,27,31,32,34,35)/b12-8-,29-17?,30-19?. The molecule has 184 valence electrons. The van der Waals surface area contributed by atoms with Crippen molar-refractivity contribution in [3.05, 3.63) is 40.7 Å². The maximum Gasteiger partial charge on any atom is 0.433 e. The van der Waals surface area contributed by atoms with E-state index in [1.54, 1.807) is 0 Å². The number of nitrogens with one attached hydrogen (secondary N) is 6. The Morgan fingerprint density at radius 1 is 1.09 bits per heavy atom. The Balaban J connectivity index is 2.22. The Morgan fingerprint density at radius 3 is 2.29 bits per heavy atom. The minimum Gasteiger partial charge on any atom is -0.404 e. The highest BCUT2D eigenvalue weighted by atomic mass is 19.4. The highest BCUT2D eigenvalue weighted by Gasteiger charge is 2.39. The van der Waals surface area contributed by atoms with Crippen molar-refractivity contribution in [2.45, 2.75) is 38.8 Å². The van der Waals surface area contributed by atoms with Crippen molar-refractivity contribution in [3.8, 4) is 0 Å². The van der Waals surface area contributed by atoms with Gasteiger partial charge in [-0.3, -0.25) is 31.7 Å². The van der Waals surface area contributed by atoms with Gasteiger partial charge in [0.1, 0.15) is 11.4 Å². The molecule has 35 heavy (non-hydrogen) atoms. The summed E-state index contributed by atoms with van der Waals surface area (Å²) >= 11 is 0. The minimum atomic E-state index is -4.93. The number of anilines is 1. The molecule has 0 unspecified atom stereocenters. The summed E-state index contributed by atoms with van der Waals surface area (Å²) in [4.78, 5) is 17.1. The topological polar surface area (TPSA) is 201 Å². The zero-order chi connectivity index (χ0) is 26.1. The van der Waals surface area contributed by atoms with E-state index in [1.165, 1.54) is 19.1 Å². The number of aromatic nitrogens is 1. The van der Waals surface area contributed by atoms with E-state index in [9.17, 15) is 18.0 Å². The first-order chi connectivity index (χ1) is 16.4. The number of benzene rings is 1. The number of carbonyl (C=O) groups excluding carboxylic acids is 1. The summed E-state index contributed by atoms with van der Waals surface area (Å²) in [5.74, 6) is -1.56. The number of aryl methyl sites for hydroxylation is 1. The number of fused-ring (bicyclic) bond motifs is 3. The van der Waals surface area contributed by atoms with Crippen LogP contribution in [-0.2, 0) is 17.6 Å². The number of amides is 1. The number of amidine groups is 1. The number of guanidine groups is 1. The quantitative estimate of drug-likeness (QED) is 0.186. The van der Waals surface area contributed by atoms with Gasteiger partial charge in [0.05, 0.1) is 17.0 Å². The van der Waals surface area contributed by atoms with Crippen LogP contribution in [0.25, 0.3) is 16.5 Å². The molecule has 2 aromatic rings. The molecule has 13 heteroatoms. The number of rotatable bonds is 4. The van der Waals surface area contributed by atoms with Gasteiger partial charge in [0, 0.05) is 28.4 Å². The molecular formula is C22H24F3N9O. The lowest BCUT2D eigenvalue weighted by Gasteiger charge is -2.24. The van der Waals surface area contributed by atoms with E-state index in [4.69, 9.17) is 33.1 Å². The average molecular weight is 487 g/mol. The van der Waals surface area contributed by atoms with Crippen molar-refractivity contribution in [1.82, 2.24) is 15.6 Å². The fourth-order valence-electron chi connectivity index (χ4n) is 4.07. The number of nitrogens with two attached hydrogens (primary N) is 2. The lowest BCUT2D eigenvalue weighted by molar-refractivity contribution is -0.113. The smallest absolute Gasteiger partial charge is 0.404 e. The molecule has 0 radical (unpaired) electrons. The second-order valence-electron chi connectivity index (χ2n) is 7.96. The summed E-state index contributed by atoms with van der Waals surface area (Å²) in [6.07, 6.45) is -2.01. The van der Waals surface area contributed by atoms with Gasteiger partial charge >= 0.3 is 6.18 Å². The van der Waals surface area contributed by atoms with Crippen LogP contribution in [0, 0.1) is 21.6 Å². The van der Waals surface area contributed by atoms with E-state index in [0.29, 0.717) is 42.2 Å². The molecule has 0 spiro atoms.